The van der Waals surface area contributed by atoms with Gasteiger partial charge in [-0.3, -0.25) is 4.79 Å². The predicted molar refractivity (Wildman–Crippen MR) is 87.9 cm³/mol. The molecule has 1 aromatic carbocycles. The van der Waals surface area contributed by atoms with Crippen molar-refractivity contribution in [1.29, 1.82) is 0 Å². The molecule has 1 saturated heterocycles. The van der Waals surface area contributed by atoms with E-state index in [-0.39, 0.29) is 5.12 Å². The van der Waals surface area contributed by atoms with Crippen molar-refractivity contribution in [2.24, 2.45) is 5.73 Å². The number of benzene rings is 1. The van der Waals surface area contributed by atoms with Gasteiger partial charge in [0.1, 0.15) is 11.1 Å². The van der Waals surface area contributed by atoms with E-state index in [1.165, 1.54) is 35.7 Å². The second-order valence-corrected chi connectivity index (χ2v) is 6.73. The molecule has 112 valence electrons. The number of nitrogens with one attached hydrogen (secondary N) is 1. The molecule has 2 aliphatic heterocycles. The summed E-state index contributed by atoms with van der Waals surface area (Å²) in [4.78, 5) is 14.3. The summed E-state index contributed by atoms with van der Waals surface area (Å²) in [6, 6.07) is 5.68. The van der Waals surface area contributed by atoms with Gasteiger partial charge in [0, 0.05) is 18.8 Å². The summed E-state index contributed by atoms with van der Waals surface area (Å²) >= 11 is 1.28. The van der Waals surface area contributed by atoms with Crippen LogP contribution >= 0.6 is 11.8 Å². The summed E-state index contributed by atoms with van der Waals surface area (Å²) in [5.41, 5.74) is 10.4. The zero-order chi connectivity index (χ0) is 15.0. The van der Waals surface area contributed by atoms with Crippen LogP contribution in [-0.2, 0) is 4.79 Å². The first-order valence-electron chi connectivity index (χ1n) is 7.37. The summed E-state index contributed by atoms with van der Waals surface area (Å²) in [5.74, 6) is 0. The predicted octanol–water partition coefficient (Wildman–Crippen LogP) is 2.58. The topological polar surface area (TPSA) is 58.4 Å². The molecule has 1 atom stereocenters. The average molecular weight is 303 g/mol. The Morgan fingerprint density at radius 1 is 1.24 bits per heavy atom. The molecule has 0 aliphatic carbocycles. The highest BCUT2D eigenvalue weighted by molar-refractivity contribution is 8.17. The molecule has 0 radical (unpaired) electrons. The van der Waals surface area contributed by atoms with Crippen LogP contribution in [0, 0.1) is 13.8 Å². The molecule has 5 heteroatoms. The fraction of sp³-hybridized carbons (Fsp3) is 0.438. The van der Waals surface area contributed by atoms with Crippen LogP contribution < -0.4 is 11.1 Å². The van der Waals surface area contributed by atoms with Crippen LogP contribution in [0.3, 0.4) is 0 Å². The standard InChI is InChI=1S/C16H21N3OS/c1-10-5-6-12(9-11(10)2)18-14-13(17)16(20)21-15(14)19-7-3-4-8-19/h5-6,9,13,18H,3-4,7-8,17H2,1-2H3. The first kappa shape index (κ1) is 14.5. The molecular formula is C16H21N3OS. The Balaban J connectivity index is 1.90. The largest absolute Gasteiger partial charge is 0.365 e. The summed E-state index contributed by atoms with van der Waals surface area (Å²) in [5, 5.41) is 4.44. The molecule has 1 aromatic rings. The fourth-order valence-electron chi connectivity index (χ4n) is 2.73. The number of hydrogen-bond donors (Lipinski definition) is 2. The normalized spacial score (nSPS) is 22.3. The monoisotopic (exact) mass is 303 g/mol. The molecule has 0 bridgehead atoms. The van der Waals surface area contributed by atoms with Crippen LogP contribution in [0.1, 0.15) is 24.0 Å². The minimum Gasteiger partial charge on any atom is -0.365 e. The van der Waals surface area contributed by atoms with Crippen molar-refractivity contribution >= 4 is 22.6 Å². The van der Waals surface area contributed by atoms with Crippen LogP contribution in [0.5, 0.6) is 0 Å². The highest BCUT2D eigenvalue weighted by atomic mass is 32.2. The quantitative estimate of drug-likeness (QED) is 0.899. The minimum absolute atomic E-state index is 0.0308. The average Bonchev–Trinajstić information content (AvgIpc) is 3.07. The lowest BCUT2D eigenvalue weighted by atomic mass is 10.1. The van der Waals surface area contributed by atoms with E-state index in [4.69, 9.17) is 5.73 Å². The second kappa shape index (κ2) is 5.73. The molecule has 0 amide bonds. The zero-order valence-electron chi connectivity index (χ0n) is 12.5. The van der Waals surface area contributed by atoms with Crippen molar-refractivity contribution in [3.05, 3.63) is 40.1 Å². The summed E-state index contributed by atoms with van der Waals surface area (Å²) in [6.07, 6.45) is 2.37. The van der Waals surface area contributed by atoms with Crippen molar-refractivity contribution in [1.82, 2.24) is 4.90 Å². The molecule has 2 aliphatic rings. The first-order valence-corrected chi connectivity index (χ1v) is 8.18. The van der Waals surface area contributed by atoms with Gasteiger partial charge in [0.25, 0.3) is 0 Å². The number of hydrogen-bond acceptors (Lipinski definition) is 5. The maximum Gasteiger partial charge on any atom is 0.217 e. The van der Waals surface area contributed by atoms with E-state index >= 15 is 0 Å². The van der Waals surface area contributed by atoms with E-state index in [2.05, 4.69) is 36.2 Å². The summed E-state index contributed by atoms with van der Waals surface area (Å²) in [7, 11) is 0. The van der Waals surface area contributed by atoms with Crippen LogP contribution in [0.4, 0.5) is 5.69 Å². The van der Waals surface area contributed by atoms with Crippen molar-refractivity contribution in [3.8, 4) is 0 Å². The van der Waals surface area contributed by atoms with Gasteiger partial charge < -0.3 is 16.0 Å². The third-order valence-corrected chi connectivity index (χ3v) is 5.30. The molecule has 0 spiro atoms. The maximum absolute atomic E-state index is 12.0. The SMILES string of the molecule is Cc1ccc(NC2=C(N3CCCC3)SC(=O)C2N)cc1C. The molecule has 2 heterocycles. The molecule has 0 saturated carbocycles. The molecule has 21 heavy (non-hydrogen) atoms. The number of nitrogens with two attached hydrogens (primary N) is 1. The number of anilines is 1. The number of carbonyl (C=O) groups excluding carboxylic acids is 1. The molecule has 0 aromatic heterocycles. The highest BCUT2D eigenvalue weighted by Crippen LogP contribution is 2.37. The van der Waals surface area contributed by atoms with E-state index in [0.29, 0.717) is 0 Å². The van der Waals surface area contributed by atoms with Gasteiger partial charge >= 0.3 is 0 Å². The number of rotatable bonds is 3. The van der Waals surface area contributed by atoms with Gasteiger partial charge in [0.05, 0.1) is 5.70 Å². The number of carbonyl (C=O) groups is 1. The minimum atomic E-state index is -0.549. The number of nitrogens with zero attached hydrogens (tertiary/aromatic N) is 1. The molecular weight excluding hydrogens is 282 g/mol. The van der Waals surface area contributed by atoms with Gasteiger partial charge in [-0.2, -0.15) is 0 Å². The Hall–Kier alpha value is -1.46. The summed E-state index contributed by atoms with van der Waals surface area (Å²) < 4.78 is 0. The van der Waals surface area contributed by atoms with Crippen molar-refractivity contribution in [3.63, 3.8) is 0 Å². The fourth-order valence-corrected chi connectivity index (χ4v) is 3.76. The van der Waals surface area contributed by atoms with Gasteiger partial charge in [-0.15, -0.1) is 0 Å². The molecule has 4 nitrogen and oxygen atoms in total. The lowest BCUT2D eigenvalue weighted by molar-refractivity contribution is -0.111. The van der Waals surface area contributed by atoms with E-state index in [1.807, 2.05) is 6.07 Å². The summed E-state index contributed by atoms with van der Waals surface area (Å²) in [6.45, 7) is 6.21. The molecule has 1 unspecified atom stereocenters. The molecule has 3 rings (SSSR count). The van der Waals surface area contributed by atoms with Gasteiger partial charge in [0.2, 0.25) is 5.12 Å². The van der Waals surface area contributed by atoms with Crippen LogP contribution in [-0.4, -0.2) is 29.1 Å². The van der Waals surface area contributed by atoms with E-state index < -0.39 is 6.04 Å². The smallest absolute Gasteiger partial charge is 0.217 e. The highest BCUT2D eigenvalue weighted by Gasteiger charge is 2.35. The maximum atomic E-state index is 12.0. The number of likely N-dealkylation sites (tertiary alicyclic amines) is 1. The van der Waals surface area contributed by atoms with Crippen molar-refractivity contribution in [2.45, 2.75) is 32.7 Å². The third kappa shape index (κ3) is 2.80. The van der Waals surface area contributed by atoms with Gasteiger partial charge in [-0.25, -0.2) is 0 Å². The Labute approximate surface area is 129 Å². The van der Waals surface area contributed by atoms with E-state index in [0.717, 1.165) is 29.5 Å². The lowest BCUT2D eigenvalue weighted by Crippen LogP contribution is -2.31. The first-order chi connectivity index (χ1) is 10.1. The van der Waals surface area contributed by atoms with Crippen LogP contribution in [0.25, 0.3) is 0 Å². The van der Waals surface area contributed by atoms with E-state index in [1.54, 1.807) is 0 Å². The second-order valence-electron chi connectivity index (χ2n) is 5.74. The third-order valence-electron chi connectivity index (χ3n) is 4.17. The van der Waals surface area contributed by atoms with Crippen LogP contribution in [0.15, 0.2) is 28.9 Å². The Morgan fingerprint density at radius 3 is 2.62 bits per heavy atom. The Morgan fingerprint density at radius 2 is 1.95 bits per heavy atom. The zero-order valence-corrected chi connectivity index (χ0v) is 13.3. The molecule has 1 fully saturated rings. The number of thioether (sulfide) groups is 1. The Bertz CT molecular complexity index is 606. The Kier molecular flexibility index (Phi) is 3.95. The molecule has 3 N–H and O–H groups in total. The van der Waals surface area contributed by atoms with Gasteiger partial charge in [-0.05, 0) is 61.7 Å². The van der Waals surface area contributed by atoms with E-state index in [9.17, 15) is 4.79 Å². The van der Waals surface area contributed by atoms with Crippen molar-refractivity contribution in [2.75, 3.05) is 18.4 Å². The van der Waals surface area contributed by atoms with Gasteiger partial charge in [-0.1, -0.05) is 6.07 Å². The van der Waals surface area contributed by atoms with Crippen molar-refractivity contribution < 1.29 is 4.79 Å². The van der Waals surface area contributed by atoms with Gasteiger partial charge in [0.15, 0.2) is 0 Å². The van der Waals surface area contributed by atoms with Crippen LogP contribution in [0.2, 0.25) is 0 Å². The lowest BCUT2D eigenvalue weighted by Gasteiger charge is -2.21. The number of aryl methyl sites for hydroxylation is 2.